The highest BCUT2D eigenvalue weighted by atomic mass is 19.2. The van der Waals surface area contributed by atoms with Gasteiger partial charge in [-0.2, -0.15) is 9.65 Å². The third-order valence-electron chi connectivity index (χ3n) is 5.79. The molecule has 8 heteroatoms. The molecule has 1 aliphatic carbocycles. The number of carbonyl (C=O) groups excluding carboxylic acids is 2. The molecule has 0 heterocycles. The molecular formula is C26H27F2NO5. The van der Waals surface area contributed by atoms with E-state index >= 15 is 0 Å². The van der Waals surface area contributed by atoms with Crippen LogP contribution < -0.4 is 9.47 Å². The molecule has 0 unspecified atom stereocenters. The van der Waals surface area contributed by atoms with Crippen LogP contribution in [0.25, 0.3) is 0 Å². The third-order valence-corrected chi connectivity index (χ3v) is 5.79. The van der Waals surface area contributed by atoms with Crippen molar-refractivity contribution in [3.63, 3.8) is 0 Å². The Morgan fingerprint density at radius 2 is 1.68 bits per heavy atom. The summed E-state index contributed by atoms with van der Waals surface area (Å²) in [4.78, 5) is 24.8. The van der Waals surface area contributed by atoms with Gasteiger partial charge in [0.15, 0.2) is 11.6 Å². The molecule has 0 N–H and O–H groups in total. The molecule has 2 aromatic carbocycles. The molecule has 0 aliphatic heterocycles. The summed E-state index contributed by atoms with van der Waals surface area (Å²) in [6.45, 7) is 2.91. The zero-order valence-corrected chi connectivity index (χ0v) is 19.0. The van der Waals surface area contributed by atoms with E-state index in [0.717, 1.165) is 50.8 Å². The number of unbranched alkanes of at least 4 members (excludes halogenated alkanes) is 2. The first kappa shape index (κ1) is 25.3. The monoisotopic (exact) mass is 471 g/mol. The number of hydrogen-bond donors (Lipinski definition) is 0. The largest absolute Gasteiger partial charge is 0.426 e. The lowest BCUT2D eigenvalue weighted by Crippen LogP contribution is -2.29. The number of nitriles is 1. The Balaban J connectivity index is 1.49. The summed E-state index contributed by atoms with van der Waals surface area (Å²) in [5.41, 5.74) is -0.429. The van der Waals surface area contributed by atoms with Gasteiger partial charge in [0.25, 0.3) is 0 Å². The molecule has 3 rings (SSSR count). The van der Waals surface area contributed by atoms with Crippen molar-refractivity contribution in [1.29, 1.82) is 5.26 Å². The number of rotatable bonds is 9. The Morgan fingerprint density at radius 3 is 2.32 bits per heavy atom. The van der Waals surface area contributed by atoms with Crippen LogP contribution in [-0.4, -0.2) is 24.6 Å². The number of nitrogens with zero attached hydrogens (tertiary/aromatic N) is 1. The Kier molecular flexibility index (Phi) is 9.11. The highest BCUT2D eigenvalue weighted by molar-refractivity contribution is 5.91. The van der Waals surface area contributed by atoms with Gasteiger partial charge in [-0.05, 0) is 68.5 Å². The minimum atomic E-state index is -1.42. The number of esters is 2. The summed E-state index contributed by atoms with van der Waals surface area (Å²) >= 11 is 0. The van der Waals surface area contributed by atoms with E-state index in [1.54, 1.807) is 0 Å². The molecule has 0 atom stereocenters. The fourth-order valence-electron chi connectivity index (χ4n) is 3.78. The lowest BCUT2D eigenvalue weighted by Gasteiger charge is -2.27. The van der Waals surface area contributed by atoms with E-state index in [1.807, 2.05) is 0 Å². The molecule has 34 heavy (non-hydrogen) atoms. The van der Waals surface area contributed by atoms with Crippen molar-refractivity contribution >= 4 is 11.9 Å². The average molecular weight is 472 g/mol. The van der Waals surface area contributed by atoms with Crippen molar-refractivity contribution in [2.45, 2.75) is 58.0 Å². The molecule has 0 spiro atoms. The molecule has 2 aromatic rings. The predicted octanol–water partition coefficient (Wildman–Crippen LogP) is 5.73. The van der Waals surface area contributed by atoms with Crippen LogP contribution >= 0.6 is 0 Å². The molecule has 0 saturated heterocycles. The van der Waals surface area contributed by atoms with Crippen LogP contribution in [-0.2, 0) is 9.53 Å². The molecule has 1 saturated carbocycles. The van der Waals surface area contributed by atoms with Crippen LogP contribution in [0.4, 0.5) is 8.78 Å². The first-order chi connectivity index (χ1) is 16.4. The van der Waals surface area contributed by atoms with Crippen LogP contribution in [0.1, 0.15) is 67.8 Å². The maximum Gasteiger partial charge on any atom is 0.343 e. The third kappa shape index (κ3) is 6.61. The second-order valence-electron chi connectivity index (χ2n) is 8.24. The number of benzene rings is 2. The van der Waals surface area contributed by atoms with Gasteiger partial charge in [-0.25, -0.2) is 9.18 Å². The average Bonchev–Trinajstić information content (AvgIpc) is 2.85. The van der Waals surface area contributed by atoms with E-state index in [-0.39, 0.29) is 29.3 Å². The molecule has 0 radical (unpaired) electrons. The minimum absolute atomic E-state index is 0.0599. The first-order valence-corrected chi connectivity index (χ1v) is 11.5. The zero-order chi connectivity index (χ0) is 24.5. The highest BCUT2D eigenvalue weighted by Gasteiger charge is 2.28. The van der Waals surface area contributed by atoms with Crippen molar-refractivity contribution in [2.24, 2.45) is 5.92 Å². The van der Waals surface area contributed by atoms with Crippen LogP contribution in [0.2, 0.25) is 0 Å². The van der Waals surface area contributed by atoms with Crippen molar-refractivity contribution in [3.8, 4) is 17.6 Å². The van der Waals surface area contributed by atoms with Gasteiger partial charge in [0, 0.05) is 6.61 Å². The van der Waals surface area contributed by atoms with Gasteiger partial charge < -0.3 is 14.2 Å². The fraction of sp³-hybridized carbons (Fsp3) is 0.423. The van der Waals surface area contributed by atoms with Gasteiger partial charge in [0.05, 0.1) is 23.1 Å². The first-order valence-electron chi connectivity index (χ1n) is 11.5. The predicted molar refractivity (Wildman–Crippen MR) is 119 cm³/mol. The van der Waals surface area contributed by atoms with Crippen LogP contribution in [0.3, 0.4) is 0 Å². The summed E-state index contributed by atoms with van der Waals surface area (Å²) < 4.78 is 43.9. The van der Waals surface area contributed by atoms with Crippen molar-refractivity contribution in [1.82, 2.24) is 0 Å². The standard InChI is InChI=1S/C26H27F2NO5/c1-2-3-4-15-32-20-10-5-17(6-11-20)25(30)33-21-12-7-18(8-13-21)26(31)34-22-14-9-19(16-29)23(27)24(22)28/h7-9,12-14,17,20H,2-6,10-11,15H2,1H3. The van der Waals surface area contributed by atoms with E-state index in [1.165, 1.54) is 30.3 Å². The van der Waals surface area contributed by atoms with Gasteiger partial charge in [0.1, 0.15) is 11.8 Å². The van der Waals surface area contributed by atoms with E-state index in [0.29, 0.717) is 12.8 Å². The number of ether oxygens (including phenoxy) is 3. The van der Waals surface area contributed by atoms with Gasteiger partial charge >= 0.3 is 11.9 Å². The minimum Gasteiger partial charge on any atom is -0.426 e. The van der Waals surface area contributed by atoms with Gasteiger partial charge in [0.2, 0.25) is 5.82 Å². The molecule has 0 aromatic heterocycles. The summed E-state index contributed by atoms with van der Waals surface area (Å²) in [6, 6.07) is 9.14. The smallest absolute Gasteiger partial charge is 0.343 e. The Morgan fingerprint density at radius 1 is 0.971 bits per heavy atom. The van der Waals surface area contributed by atoms with Crippen molar-refractivity contribution in [3.05, 3.63) is 59.2 Å². The van der Waals surface area contributed by atoms with E-state index in [4.69, 9.17) is 19.5 Å². The van der Waals surface area contributed by atoms with E-state index in [9.17, 15) is 18.4 Å². The molecule has 0 amide bonds. The van der Waals surface area contributed by atoms with E-state index in [2.05, 4.69) is 6.92 Å². The summed E-state index contributed by atoms with van der Waals surface area (Å²) in [7, 11) is 0. The van der Waals surface area contributed by atoms with Crippen molar-refractivity contribution in [2.75, 3.05) is 6.61 Å². The normalized spacial score (nSPS) is 17.6. The number of halogens is 2. The Bertz CT molecular complexity index is 1040. The second-order valence-corrected chi connectivity index (χ2v) is 8.24. The van der Waals surface area contributed by atoms with Gasteiger partial charge in [-0.1, -0.05) is 19.8 Å². The summed E-state index contributed by atoms with van der Waals surface area (Å²) in [5, 5.41) is 8.72. The summed E-state index contributed by atoms with van der Waals surface area (Å²) in [5.74, 6) is -4.59. The number of carbonyl (C=O) groups is 2. The maximum atomic E-state index is 14.0. The fourth-order valence-corrected chi connectivity index (χ4v) is 3.78. The maximum absolute atomic E-state index is 14.0. The van der Waals surface area contributed by atoms with Crippen LogP contribution in [0, 0.1) is 28.9 Å². The Hall–Kier alpha value is -3.31. The quantitative estimate of drug-likeness (QED) is 0.264. The zero-order valence-electron chi connectivity index (χ0n) is 19.0. The van der Waals surface area contributed by atoms with Crippen molar-refractivity contribution < 1.29 is 32.6 Å². The SMILES string of the molecule is CCCCCOC1CCC(C(=O)Oc2ccc(C(=O)Oc3ccc(C#N)c(F)c3F)cc2)CC1. The van der Waals surface area contributed by atoms with Gasteiger partial charge in [-0.3, -0.25) is 4.79 Å². The Labute approximate surface area is 197 Å². The lowest BCUT2D eigenvalue weighted by molar-refractivity contribution is -0.141. The molecular weight excluding hydrogens is 444 g/mol. The van der Waals surface area contributed by atoms with Crippen LogP contribution in [0.15, 0.2) is 36.4 Å². The number of hydrogen-bond acceptors (Lipinski definition) is 6. The lowest BCUT2D eigenvalue weighted by atomic mass is 9.87. The van der Waals surface area contributed by atoms with Gasteiger partial charge in [-0.15, -0.1) is 0 Å². The molecule has 180 valence electrons. The molecule has 0 bridgehead atoms. The van der Waals surface area contributed by atoms with E-state index < -0.39 is 28.9 Å². The summed E-state index contributed by atoms with van der Waals surface area (Å²) in [6.07, 6.45) is 6.61. The molecule has 6 nitrogen and oxygen atoms in total. The molecule has 1 fully saturated rings. The topological polar surface area (TPSA) is 85.6 Å². The second kappa shape index (κ2) is 12.2. The highest BCUT2D eigenvalue weighted by Crippen LogP contribution is 2.28. The molecule has 1 aliphatic rings. The van der Waals surface area contributed by atoms with Crippen LogP contribution in [0.5, 0.6) is 11.5 Å².